The van der Waals surface area contributed by atoms with E-state index in [1.54, 1.807) is 6.92 Å². The van der Waals surface area contributed by atoms with Crippen LogP contribution in [0.25, 0.3) is 0 Å². The summed E-state index contributed by atoms with van der Waals surface area (Å²) in [6, 6.07) is 0. The third-order valence-corrected chi connectivity index (χ3v) is 2.55. The number of carbonyl (C=O) groups is 1. The molecule has 110 valence electrons. The highest BCUT2D eigenvalue weighted by atomic mass is 16.7. The van der Waals surface area contributed by atoms with E-state index in [1.165, 1.54) is 0 Å². The fraction of sp³-hybridized carbons (Fsp3) is 0.727. The first-order valence-electron chi connectivity index (χ1n) is 5.80. The molecule has 8 heteroatoms. The summed E-state index contributed by atoms with van der Waals surface area (Å²) < 4.78 is 14.6. The molecule has 0 aromatic rings. The zero-order chi connectivity index (χ0) is 14.4. The molecule has 1 fully saturated rings. The van der Waals surface area contributed by atoms with Gasteiger partial charge in [0.1, 0.15) is 24.4 Å². The van der Waals surface area contributed by atoms with Gasteiger partial charge in [0.05, 0.1) is 25.6 Å². The standard InChI is InChI=1S/C11H18O8/c1-2-17-7(13)3-4-18-11-10(16)9(15)8(14)6(5-12)19-11/h3-4,6,8-12,14-16H,2,5H2,1H3/b4-3-/t6-,8-,9+,10+,11+/m1/s1. The molecule has 1 saturated heterocycles. The molecule has 0 saturated carbocycles. The number of aliphatic hydroxyl groups excluding tert-OH is 4. The molecule has 1 aliphatic rings. The van der Waals surface area contributed by atoms with E-state index in [2.05, 4.69) is 4.74 Å². The second-order valence-corrected chi connectivity index (χ2v) is 3.89. The van der Waals surface area contributed by atoms with Gasteiger partial charge < -0.3 is 34.6 Å². The topological polar surface area (TPSA) is 126 Å². The smallest absolute Gasteiger partial charge is 0.333 e. The van der Waals surface area contributed by atoms with E-state index in [1.807, 2.05) is 0 Å². The minimum atomic E-state index is -1.52. The van der Waals surface area contributed by atoms with Crippen molar-refractivity contribution in [3.63, 3.8) is 0 Å². The molecule has 0 bridgehead atoms. The van der Waals surface area contributed by atoms with E-state index < -0.39 is 43.3 Å². The van der Waals surface area contributed by atoms with Gasteiger partial charge in [-0.2, -0.15) is 0 Å². The SMILES string of the molecule is CCOC(=O)/C=C\O[C@H]1O[C@H](CO)[C@@H](O)[C@H](O)[C@@H]1O. The summed E-state index contributed by atoms with van der Waals surface area (Å²) in [5, 5.41) is 37.5. The Labute approximate surface area is 109 Å². The summed E-state index contributed by atoms with van der Waals surface area (Å²) in [7, 11) is 0. The molecular weight excluding hydrogens is 260 g/mol. The largest absolute Gasteiger partial charge is 0.469 e. The number of carbonyl (C=O) groups excluding carboxylic acids is 1. The fourth-order valence-electron chi connectivity index (χ4n) is 1.54. The lowest BCUT2D eigenvalue weighted by atomic mass is 9.99. The van der Waals surface area contributed by atoms with Gasteiger partial charge in [0.15, 0.2) is 0 Å². The molecule has 1 heterocycles. The van der Waals surface area contributed by atoms with Crippen molar-refractivity contribution in [1.82, 2.24) is 0 Å². The molecule has 0 aromatic heterocycles. The summed E-state index contributed by atoms with van der Waals surface area (Å²) in [4.78, 5) is 11.0. The van der Waals surface area contributed by atoms with E-state index >= 15 is 0 Å². The van der Waals surface area contributed by atoms with Crippen molar-refractivity contribution >= 4 is 5.97 Å². The molecule has 0 unspecified atom stereocenters. The van der Waals surface area contributed by atoms with Crippen LogP contribution >= 0.6 is 0 Å². The van der Waals surface area contributed by atoms with Crippen LogP contribution in [0.15, 0.2) is 12.3 Å². The predicted octanol–water partition coefficient (Wildman–Crippen LogP) is -2.12. The van der Waals surface area contributed by atoms with Crippen LogP contribution in [0, 0.1) is 0 Å². The van der Waals surface area contributed by atoms with Gasteiger partial charge in [-0.25, -0.2) is 4.79 Å². The molecule has 4 N–H and O–H groups in total. The minimum absolute atomic E-state index is 0.212. The summed E-state index contributed by atoms with van der Waals surface area (Å²) >= 11 is 0. The first-order valence-corrected chi connectivity index (χ1v) is 5.80. The maximum absolute atomic E-state index is 11.0. The van der Waals surface area contributed by atoms with Crippen LogP contribution < -0.4 is 0 Å². The van der Waals surface area contributed by atoms with Gasteiger partial charge in [-0.1, -0.05) is 0 Å². The number of aliphatic hydroxyl groups is 4. The summed E-state index contributed by atoms with van der Waals surface area (Å²) in [5.41, 5.74) is 0. The maximum Gasteiger partial charge on any atom is 0.333 e. The van der Waals surface area contributed by atoms with Crippen LogP contribution in [0.1, 0.15) is 6.92 Å². The van der Waals surface area contributed by atoms with E-state index in [9.17, 15) is 20.1 Å². The van der Waals surface area contributed by atoms with Crippen LogP contribution in [0.4, 0.5) is 0 Å². The highest BCUT2D eigenvalue weighted by Crippen LogP contribution is 2.21. The molecular formula is C11H18O8. The molecule has 0 radical (unpaired) electrons. The Balaban J connectivity index is 2.55. The lowest BCUT2D eigenvalue weighted by molar-refractivity contribution is -0.287. The molecule has 1 aliphatic heterocycles. The van der Waals surface area contributed by atoms with Gasteiger partial charge in [0.2, 0.25) is 6.29 Å². The van der Waals surface area contributed by atoms with Crippen molar-refractivity contribution in [2.75, 3.05) is 13.2 Å². The average Bonchev–Trinajstić information content (AvgIpc) is 2.39. The molecule has 5 atom stereocenters. The second-order valence-electron chi connectivity index (χ2n) is 3.89. The van der Waals surface area contributed by atoms with Crippen molar-refractivity contribution in [3.8, 4) is 0 Å². The van der Waals surface area contributed by atoms with Gasteiger partial charge in [-0.05, 0) is 6.92 Å². The zero-order valence-electron chi connectivity index (χ0n) is 10.4. The highest BCUT2D eigenvalue weighted by Gasteiger charge is 2.44. The lowest BCUT2D eigenvalue weighted by Gasteiger charge is -2.38. The summed E-state index contributed by atoms with van der Waals surface area (Å²) in [6.45, 7) is 1.31. The van der Waals surface area contributed by atoms with E-state index in [0.717, 1.165) is 12.3 Å². The average molecular weight is 278 g/mol. The highest BCUT2D eigenvalue weighted by molar-refractivity contribution is 5.81. The third-order valence-electron chi connectivity index (χ3n) is 2.55. The third kappa shape index (κ3) is 4.15. The Bertz CT molecular complexity index is 316. The Kier molecular flexibility index (Phi) is 6.19. The van der Waals surface area contributed by atoms with Crippen molar-refractivity contribution in [2.24, 2.45) is 0 Å². The van der Waals surface area contributed by atoms with Crippen molar-refractivity contribution in [2.45, 2.75) is 37.6 Å². The molecule has 0 aromatic carbocycles. The lowest BCUT2D eigenvalue weighted by Crippen LogP contribution is -2.58. The van der Waals surface area contributed by atoms with E-state index in [4.69, 9.17) is 14.6 Å². The number of hydrogen-bond acceptors (Lipinski definition) is 8. The quantitative estimate of drug-likeness (QED) is 0.255. The van der Waals surface area contributed by atoms with Crippen LogP contribution in [0.3, 0.4) is 0 Å². The van der Waals surface area contributed by atoms with Crippen LogP contribution in [0.2, 0.25) is 0 Å². The normalized spacial score (nSPS) is 35.3. The van der Waals surface area contributed by atoms with E-state index in [0.29, 0.717) is 0 Å². The first-order chi connectivity index (χ1) is 9.01. The van der Waals surface area contributed by atoms with Crippen molar-refractivity contribution < 1.29 is 39.4 Å². The van der Waals surface area contributed by atoms with Crippen LogP contribution in [-0.4, -0.2) is 70.3 Å². The summed E-state index contributed by atoms with van der Waals surface area (Å²) in [6.07, 6.45) is -4.92. The molecule has 1 rings (SSSR count). The van der Waals surface area contributed by atoms with Crippen LogP contribution in [-0.2, 0) is 19.0 Å². The van der Waals surface area contributed by atoms with Gasteiger partial charge >= 0.3 is 5.97 Å². The molecule has 19 heavy (non-hydrogen) atoms. The van der Waals surface area contributed by atoms with Gasteiger partial charge in [0.25, 0.3) is 0 Å². The number of esters is 1. The Morgan fingerprint density at radius 3 is 2.53 bits per heavy atom. The zero-order valence-corrected chi connectivity index (χ0v) is 10.4. The Morgan fingerprint density at radius 2 is 1.95 bits per heavy atom. The monoisotopic (exact) mass is 278 g/mol. The predicted molar refractivity (Wildman–Crippen MR) is 60.6 cm³/mol. The maximum atomic E-state index is 11.0. The van der Waals surface area contributed by atoms with Crippen LogP contribution in [0.5, 0.6) is 0 Å². The van der Waals surface area contributed by atoms with Gasteiger partial charge in [-0.15, -0.1) is 0 Å². The van der Waals surface area contributed by atoms with Crippen molar-refractivity contribution in [1.29, 1.82) is 0 Å². The van der Waals surface area contributed by atoms with E-state index in [-0.39, 0.29) is 6.61 Å². The minimum Gasteiger partial charge on any atom is -0.469 e. The number of ether oxygens (including phenoxy) is 3. The fourth-order valence-corrected chi connectivity index (χ4v) is 1.54. The molecule has 8 nitrogen and oxygen atoms in total. The second kappa shape index (κ2) is 7.41. The molecule has 0 aliphatic carbocycles. The number of rotatable bonds is 5. The Morgan fingerprint density at radius 1 is 1.26 bits per heavy atom. The van der Waals surface area contributed by atoms with Crippen molar-refractivity contribution in [3.05, 3.63) is 12.3 Å². The first kappa shape index (κ1) is 15.9. The molecule has 0 spiro atoms. The van der Waals surface area contributed by atoms with Gasteiger partial charge in [-0.3, -0.25) is 0 Å². The number of hydrogen-bond donors (Lipinski definition) is 4. The summed E-state index contributed by atoms with van der Waals surface area (Å²) in [5.74, 6) is -0.632. The Hall–Kier alpha value is -1.19. The molecule has 0 amide bonds. The van der Waals surface area contributed by atoms with Gasteiger partial charge in [0, 0.05) is 0 Å².